The van der Waals surface area contributed by atoms with Gasteiger partial charge < -0.3 is 0 Å². The van der Waals surface area contributed by atoms with Crippen molar-refractivity contribution in [3.8, 4) is 0 Å². The predicted molar refractivity (Wildman–Crippen MR) is 82.3 cm³/mol. The standard InChI is InChI=1S/C18H29N/c1-13(2)15-9-11-16(12-10-15)18(4,5)17-8-6-7-14(3)19-17/h6-8,13,15-16H,9-12H2,1-5H3. The minimum absolute atomic E-state index is 0.216. The Balaban J connectivity index is 2.09. The van der Waals surface area contributed by atoms with E-state index in [9.17, 15) is 0 Å². The molecule has 1 fully saturated rings. The Labute approximate surface area is 118 Å². The molecule has 106 valence electrons. The molecule has 0 N–H and O–H groups in total. The first-order chi connectivity index (χ1) is 8.91. The Morgan fingerprint density at radius 1 is 1.11 bits per heavy atom. The molecule has 2 rings (SSSR count). The Morgan fingerprint density at radius 2 is 1.74 bits per heavy atom. The first-order valence-electron chi connectivity index (χ1n) is 7.85. The molecule has 0 saturated heterocycles. The predicted octanol–water partition coefficient (Wildman–Crippen LogP) is 5.13. The molecule has 0 radical (unpaired) electrons. The molecule has 1 aromatic heterocycles. The van der Waals surface area contributed by atoms with Crippen molar-refractivity contribution in [2.45, 2.75) is 65.7 Å². The summed E-state index contributed by atoms with van der Waals surface area (Å²) in [5.41, 5.74) is 2.63. The average Bonchev–Trinajstić information content (AvgIpc) is 2.39. The summed E-state index contributed by atoms with van der Waals surface area (Å²) in [5.74, 6) is 2.58. The summed E-state index contributed by atoms with van der Waals surface area (Å²) in [6.45, 7) is 11.6. The fourth-order valence-electron chi connectivity index (χ4n) is 3.62. The van der Waals surface area contributed by atoms with E-state index in [1.165, 1.54) is 31.4 Å². The molecule has 0 amide bonds. The Bertz CT molecular complexity index is 411. The number of aromatic nitrogens is 1. The van der Waals surface area contributed by atoms with Crippen LogP contribution in [-0.4, -0.2) is 4.98 Å². The lowest BCUT2D eigenvalue weighted by atomic mass is 9.65. The Morgan fingerprint density at radius 3 is 2.26 bits per heavy atom. The van der Waals surface area contributed by atoms with Crippen molar-refractivity contribution in [2.75, 3.05) is 0 Å². The molecule has 19 heavy (non-hydrogen) atoms. The molecule has 1 heteroatoms. The third kappa shape index (κ3) is 3.19. The van der Waals surface area contributed by atoms with Gasteiger partial charge >= 0.3 is 0 Å². The second-order valence-corrected chi connectivity index (χ2v) is 7.24. The minimum Gasteiger partial charge on any atom is -0.258 e. The smallest absolute Gasteiger partial charge is 0.0465 e. The second-order valence-electron chi connectivity index (χ2n) is 7.24. The van der Waals surface area contributed by atoms with Gasteiger partial charge in [-0.2, -0.15) is 0 Å². The summed E-state index contributed by atoms with van der Waals surface area (Å²) < 4.78 is 0. The van der Waals surface area contributed by atoms with E-state index in [1.807, 2.05) is 0 Å². The van der Waals surface area contributed by atoms with Crippen LogP contribution in [0.4, 0.5) is 0 Å². The van der Waals surface area contributed by atoms with E-state index in [1.54, 1.807) is 0 Å². The molecule has 1 nitrogen and oxygen atoms in total. The third-order valence-corrected chi connectivity index (χ3v) is 5.28. The minimum atomic E-state index is 0.216. The number of hydrogen-bond acceptors (Lipinski definition) is 1. The number of pyridine rings is 1. The molecule has 1 aliphatic rings. The quantitative estimate of drug-likeness (QED) is 0.733. The van der Waals surface area contributed by atoms with Gasteiger partial charge in [-0.25, -0.2) is 0 Å². The fourth-order valence-corrected chi connectivity index (χ4v) is 3.62. The molecule has 1 aromatic rings. The van der Waals surface area contributed by atoms with Crippen molar-refractivity contribution in [1.29, 1.82) is 0 Å². The van der Waals surface area contributed by atoms with Gasteiger partial charge in [-0.3, -0.25) is 4.98 Å². The summed E-state index contributed by atoms with van der Waals surface area (Å²) >= 11 is 0. The lowest BCUT2D eigenvalue weighted by molar-refractivity contribution is 0.165. The monoisotopic (exact) mass is 259 g/mol. The van der Waals surface area contributed by atoms with E-state index < -0.39 is 0 Å². The summed E-state index contributed by atoms with van der Waals surface area (Å²) in [5, 5.41) is 0. The molecule has 1 heterocycles. The fraction of sp³-hybridized carbons (Fsp3) is 0.722. The van der Waals surface area contributed by atoms with Gasteiger partial charge in [0.15, 0.2) is 0 Å². The maximum atomic E-state index is 4.77. The lowest BCUT2D eigenvalue weighted by Gasteiger charge is -2.40. The molecule has 0 aromatic carbocycles. The SMILES string of the molecule is Cc1cccc(C(C)(C)C2CCC(C(C)C)CC2)n1. The van der Waals surface area contributed by atoms with Crippen LogP contribution in [0.3, 0.4) is 0 Å². The van der Waals surface area contributed by atoms with Crippen molar-refractivity contribution in [3.05, 3.63) is 29.6 Å². The molecule has 1 aliphatic carbocycles. The van der Waals surface area contributed by atoms with E-state index >= 15 is 0 Å². The number of aryl methyl sites for hydroxylation is 1. The van der Waals surface area contributed by atoms with E-state index in [4.69, 9.17) is 4.98 Å². The lowest BCUT2D eigenvalue weighted by Crippen LogP contribution is -2.33. The largest absolute Gasteiger partial charge is 0.258 e. The van der Waals surface area contributed by atoms with Crippen LogP contribution in [-0.2, 0) is 5.41 Å². The van der Waals surface area contributed by atoms with Crippen LogP contribution >= 0.6 is 0 Å². The molecule has 0 bridgehead atoms. The van der Waals surface area contributed by atoms with E-state index in [0.717, 1.165) is 23.4 Å². The maximum Gasteiger partial charge on any atom is 0.0465 e. The highest BCUT2D eigenvalue weighted by Gasteiger charge is 2.35. The van der Waals surface area contributed by atoms with Crippen molar-refractivity contribution in [2.24, 2.45) is 17.8 Å². The molecule has 0 spiro atoms. The summed E-state index contributed by atoms with van der Waals surface area (Å²) in [6, 6.07) is 6.45. The van der Waals surface area contributed by atoms with Gasteiger partial charge in [-0.05, 0) is 62.5 Å². The second kappa shape index (κ2) is 5.64. The zero-order valence-electron chi connectivity index (χ0n) is 13.2. The molecule has 1 saturated carbocycles. The first kappa shape index (κ1) is 14.6. The highest BCUT2D eigenvalue weighted by Crippen LogP contribution is 2.43. The van der Waals surface area contributed by atoms with Crippen LogP contribution < -0.4 is 0 Å². The van der Waals surface area contributed by atoms with Gasteiger partial charge in [-0.15, -0.1) is 0 Å². The topological polar surface area (TPSA) is 12.9 Å². The average molecular weight is 259 g/mol. The van der Waals surface area contributed by atoms with Crippen molar-refractivity contribution in [3.63, 3.8) is 0 Å². The van der Waals surface area contributed by atoms with Gasteiger partial charge in [0.05, 0.1) is 0 Å². The summed E-state index contributed by atoms with van der Waals surface area (Å²) in [6.07, 6.45) is 5.53. The van der Waals surface area contributed by atoms with Crippen molar-refractivity contribution < 1.29 is 0 Å². The van der Waals surface area contributed by atoms with Gasteiger partial charge in [0, 0.05) is 16.8 Å². The maximum absolute atomic E-state index is 4.77. The normalized spacial score (nSPS) is 24.7. The molecule has 0 atom stereocenters. The summed E-state index contributed by atoms with van der Waals surface area (Å²) in [7, 11) is 0. The summed E-state index contributed by atoms with van der Waals surface area (Å²) in [4.78, 5) is 4.77. The van der Waals surface area contributed by atoms with Crippen LogP contribution in [0.5, 0.6) is 0 Å². The van der Waals surface area contributed by atoms with E-state index in [0.29, 0.717) is 0 Å². The number of rotatable bonds is 3. The zero-order chi connectivity index (χ0) is 14.0. The number of hydrogen-bond donors (Lipinski definition) is 0. The zero-order valence-corrected chi connectivity index (χ0v) is 13.2. The van der Waals surface area contributed by atoms with Gasteiger partial charge in [0.2, 0.25) is 0 Å². The van der Waals surface area contributed by atoms with Gasteiger partial charge in [0.25, 0.3) is 0 Å². The molecular formula is C18H29N. The van der Waals surface area contributed by atoms with E-state index in [-0.39, 0.29) is 5.41 Å². The van der Waals surface area contributed by atoms with Crippen LogP contribution in [0.2, 0.25) is 0 Å². The van der Waals surface area contributed by atoms with E-state index in [2.05, 4.69) is 52.8 Å². The van der Waals surface area contributed by atoms with Gasteiger partial charge in [0.1, 0.15) is 0 Å². The van der Waals surface area contributed by atoms with Crippen LogP contribution in [0.25, 0.3) is 0 Å². The molecule has 0 aliphatic heterocycles. The van der Waals surface area contributed by atoms with Crippen LogP contribution in [0, 0.1) is 24.7 Å². The Hall–Kier alpha value is -0.850. The molecular weight excluding hydrogens is 230 g/mol. The van der Waals surface area contributed by atoms with Crippen LogP contribution in [0.1, 0.15) is 64.8 Å². The van der Waals surface area contributed by atoms with Crippen molar-refractivity contribution >= 4 is 0 Å². The highest BCUT2D eigenvalue weighted by molar-refractivity contribution is 5.19. The highest BCUT2D eigenvalue weighted by atomic mass is 14.7. The van der Waals surface area contributed by atoms with Crippen LogP contribution in [0.15, 0.2) is 18.2 Å². The number of nitrogens with zero attached hydrogens (tertiary/aromatic N) is 1. The molecule has 0 unspecified atom stereocenters. The third-order valence-electron chi connectivity index (χ3n) is 5.28. The van der Waals surface area contributed by atoms with Crippen molar-refractivity contribution in [1.82, 2.24) is 4.98 Å². The Kier molecular flexibility index (Phi) is 4.32. The first-order valence-corrected chi connectivity index (χ1v) is 7.85. The van der Waals surface area contributed by atoms with Gasteiger partial charge in [-0.1, -0.05) is 33.8 Å².